The number of ether oxygens (including phenoxy) is 2. The molecule has 2 heterocycles. The summed E-state index contributed by atoms with van der Waals surface area (Å²) in [5, 5.41) is 5.63. The van der Waals surface area contributed by atoms with E-state index in [-0.39, 0.29) is 16.6 Å². The summed E-state index contributed by atoms with van der Waals surface area (Å²) >= 11 is 1.16. The molecule has 0 unspecified atom stereocenters. The van der Waals surface area contributed by atoms with Crippen molar-refractivity contribution in [2.75, 3.05) is 25.1 Å². The molecule has 0 bridgehead atoms. The topological polar surface area (TPSA) is 94.8 Å². The molecule has 4 aromatic rings. The van der Waals surface area contributed by atoms with E-state index in [1.807, 2.05) is 6.92 Å². The van der Waals surface area contributed by atoms with E-state index < -0.39 is 15.8 Å². The second kappa shape index (κ2) is 9.20. The van der Waals surface area contributed by atoms with Crippen LogP contribution < -0.4 is 13.8 Å². The molecular formula is C22H20FN3O5S2. The van der Waals surface area contributed by atoms with Crippen molar-refractivity contribution in [1.82, 2.24) is 10.1 Å². The van der Waals surface area contributed by atoms with Crippen molar-refractivity contribution in [1.29, 1.82) is 0 Å². The Labute approximate surface area is 194 Å². The Morgan fingerprint density at radius 2 is 1.88 bits per heavy atom. The van der Waals surface area contributed by atoms with Crippen LogP contribution in [-0.2, 0) is 10.0 Å². The smallest absolute Gasteiger partial charge is 0.269 e. The molecule has 0 aliphatic rings. The molecule has 0 aliphatic carbocycles. The third-order valence-corrected chi connectivity index (χ3v) is 7.66. The van der Waals surface area contributed by atoms with Crippen molar-refractivity contribution in [3.05, 3.63) is 59.7 Å². The summed E-state index contributed by atoms with van der Waals surface area (Å²) in [4.78, 5) is 4.71. The standard InChI is InChI=1S/C22H20FN3O5S2/c1-4-30-17-10-5-14(13-18(17)29-3)21-24-22(31-25-21)20-19(11-12-32-20)33(27,28)26(2)16-8-6-15(23)7-9-16/h5-13H,4H2,1-3H3. The number of halogens is 1. The number of thiophene rings is 1. The van der Waals surface area contributed by atoms with Gasteiger partial charge < -0.3 is 14.0 Å². The third kappa shape index (κ3) is 4.41. The van der Waals surface area contributed by atoms with Gasteiger partial charge in [-0.1, -0.05) is 5.16 Å². The first-order valence-electron chi connectivity index (χ1n) is 9.82. The Morgan fingerprint density at radius 1 is 1.12 bits per heavy atom. The van der Waals surface area contributed by atoms with Crippen LogP contribution >= 0.6 is 11.3 Å². The zero-order chi connectivity index (χ0) is 23.6. The fourth-order valence-electron chi connectivity index (χ4n) is 3.11. The Kier molecular flexibility index (Phi) is 6.34. The van der Waals surface area contributed by atoms with Crippen LogP contribution in [0.2, 0.25) is 0 Å². The predicted molar refractivity (Wildman–Crippen MR) is 123 cm³/mol. The maximum Gasteiger partial charge on any atom is 0.269 e. The molecule has 0 atom stereocenters. The van der Waals surface area contributed by atoms with Gasteiger partial charge in [0.1, 0.15) is 15.6 Å². The van der Waals surface area contributed by atoms with Gasteiger partial charge >= 0.3 is 0 Å². The van der Waals surface area contributed by atoms with E-state index >= 15 is 0 Å². The van der Waals surface area contributed by atoms with E-state index in [0.29, 0.717) is 34.2 Å². The summed E-state index contributed by atoms with van der Waals surface area (Å²) < 4.78 is 57.1. The normalized spacial score (nSPS) is 11.4. The monoisotopic (exact) mass is 489 g/mol. The van der Waals surface area contributed by atoms with E-state index in [4.69, 9.17) is 14.0 Å². The average Bonchev–Trinajstić information content (AvgIpc) is 3.49. The van der Waals surface area contributed by atoms with Crippen LogP contribution in [-0.4, -0.2) is 39.3 Å². The predicted octanol–water partition coefficient (Wildman–Crippen LogP) is 4.84. The lowest BCUT2D eigenvalue weighted by Crippen LogP contribution is -2.26. The molecule has 0 spiro atoms. The van der Waals surface area contributed by atoms with E-state index in [9.17, 15) is 12.8 Å². The van der Waals surface area contributed by atoms with Crippen molar-refractivity contribution in [2.45, 2.75) is 11.8 Å². The highest BCUT2D eigenvalue weighted by Gasteiger charge is 2.29. The summed E-state index contributed by atoms with van der Waals surface area (Å²) in [6.07, 6.45) is 0. The number of rotatable bonds is 8. The molecule has 172 valence electrons. The van der Waals surface area contributed by atoms with Gasteiger partial charge in [0.05, 0.1) is 19.4 Å². The van der Waals surface area contributed by atoms with Gasteiger partial charge in [-0.05, 0) is 60.8 Å². The Balaban J connectivity index is 1.67. The average molecular weight is 490 g/mol. The van der Waals surface area contributed by atoms with Crippen LogP contribution in [0.5, 0.6) is 11.5 Å². The maximum absolute atomic E-state index is 13.3. The minimum Gasteiger partial charge on any atom is -0.493 e. The van der Waals surface area contributed by atoms with Crippen molar-refractivity contribution in [3.8, 4) is 33.7 Å². The minimum absolute atomic E-state index is 0.0128. The molecule has 11 heteroatoms. The van der Waals surface area contributed by atoms with Crippen LogP contribution in [0.4, 0.5) is 10.1 Å². The molecule has 0 radical (unpaired) electrons. The zero-order valence-corrected chi connectivity index (χ0v) is 19.6. The molecule has 0 saturated carbocycles. The van der Waals surface area contributed by atoms with Gasteiger partial charge in [0.15, 0.2) is 11.5 Å². The van der Waals surface area contributed by atoms with Crippen LogP contribution in [0.3, 0.4) is 0 Å². The number of benzene rings is 2. The molecular weight excluding hydrogens is 469 g/mol. The van der Waals surface area contributed by atoms with Crippen molar-refractivity contribution >= 4 is 27.0 Å². The molecule has 0 aliphatic heterocycles. The van der Waals surface area contributed by atoms with Crippen molar-refractivity contribution in [2.24, 2.45) is 0 Å². The largest absolute Gasteiger partial charge is 0.493 e. The number of anilines is 1. The molecule has 2 aromatic heterocycles. The fourth-order valence-corrected chi connectivity index (χ4v) is 5.62. The number of hydrogen-bond donors (Lipinski definition) is 0. The zero-order valence-electron chi connectivity index (χ0n) is 18.0. The second-order valence-corrected chi connectivity index (χ2v) is 9.64. The first-order valence-corrected chi connectivity index (χ1v) is 12.1. The number of sulfonamides is 1. The van der Waals surface area contributed by atoms with Gasteiger partial charge in [0.2, 0.25) is 5.82 Å². The van der Waals surface area contributed by atoms with Gasteiger partial charge in [0.25, 0.3) is 15.9 Å². The van der Waals surface area contributed by atoms with E-state index in [1.54, 1.807) is 23.6 Å². The summed E-state index contributed by atoms with van der Waals surface area (Å²) in [6, 6.07) is 11.9. The van der Waals surface area contributed by atoms with Gasteiger partial charge in [-0.3, -0.25) is 4.31 Å². The van der Waals surface area contributed by atoms with E-state index in [2.05, 4.69) is 10.1 Å². The fraction of sp³-hybridized carbons (Fsp3) is 0.182. The summed E-state index contributed by atoms with van der Waals surface area (Å²) in [5.74, 6) is 0.989. The highest BCUT2D eigenvalue weighted by Crippen LogP contribution is 2.37. The lowest BCUT2D eigenvalue weighted by atomic mass is 10.2. The number of hydrogen-bond acceptors (Lipinski definition) is 8. The number of methoxy groups -OCH3 is 1. The van der Waals surface area contributed by atoms with Gasteiger partial charge in [-0.15, -0.1) is 11.3 Å². The quantitative estimate of drug-likeness (QED) is 0.350. The Bertz CT molecular complexity index is 1370. The van der Waals surface area contributed by atoms with Crippen LogP contribution in [0.1, 0.15) is 6.92 Å². The molecule has 8 nitrogen and oxygen atoms in total. The summed E-state index contributed by atoms with van der Waals surface area (Å²) in [6.45, 7) is 2.36. The third-order valence-electron chi connectivity index (χ3n) is 4.80. The van der Waals surface area contributed by atoms with Crippen molar-refractivity contribution < 1.29 is 26.8 Å². The molecule has 0 N–H and O–H groups in total. The molecule has 0 saturated heterocycles. The van der Waals surface area contributed by atoms with Crippen LogP contribution in [0, 0.1) is 5.82 Å². The Hall–Kier alpha value is -3.44. The number of aromatic nitrogens is 2. The Morgan fingerprint density at radius 3 is 2.58 bits per heavy atom. The van der Waals surface area contributed by atoms with E-state index in [0.717, 1.165) is 15.6 Å². The maximum atomic E-state index is 13.3. The molecule has 2 aromatic carbocycles. The van der Waals surface area contributed by atoms with Gasteiger partial charge in [-0.2, -0.15) is 4.98 Å². The van der Waals surface area contributed by atoms with Gasteiger partial charge in [-0.25, -0.2) is 12.8 Å². The molecule has 33 heavy (non-hydrogen) atoms. The second-order valence-electron chi connectivity index (χ2n) is 6.78. The minimum atomic E-state index is -3.96. The van der Waals surface area contributed by atoms with E-state index in [1.165, 1.54) is 44.5 Å². The van der Waals surface area contributed by atoms with Crippen LogP contribution in [0.15, 0.2) is 63.3 Å². The first-order chi connectivity index (χ1) is 15.8. The molecule has 0 amide bonds. The highest BCUT2D eigenvalue weighted by atomic mass is 32.2. The lowest BCUT2D eigenvalue weighted by molar-refractivity contribution is 0.311. The first kappa shape index (κ1) is 22.7. The summed E-state index contributed by atoms with van der Waals surface area (Å²) in [7, 11) is -1.03. The highest BCUT2D eigenvalue weighted by molar-refractivity contribution is 7.93. The lowest BCUT2D eigenvalue weighted by Gasteiger charge is -2.19. The summed E-state index contributed by atoms with van der Waals surface area (Å²) in [5.41, 5.74) is 0.941. The molecule has 0 fully saturated rings. The molecule has 4 rings (SSSR count). The SMILES string of the molecule is CCOc1ccc(-c2noc(-c3sccc3S(=O)(=O)N(C)c3ccc(F)cc3)n2)cc1OC. The van der Waals surface area contributed by atoms with Gasteiger partial charge in [0, 0.05) is 12.6 Å². The van der Waals surface area contributed by atoms with Crippen LogP contribution in [0.25, 0.3) is 22.2 Å². The van der Waals surface area contributed by atoms with Crippen molar-refractivity contribution in [3.63, 3.8) is 0 Å². The number of nitrogens with zero attached hydrogens (tertiary/aromatic N) is 3.